The molecule has 1 N–H and O–H groups in total. The molecule has 5 rings (SSSR count). The van der Waals surface area contributed by atoms with Gasteiger partial charge < -0.3 is 14.5 Å². The molecule has 6 nitrogen and oxygen atoms in total. The summed E-state index contributed by atoms with van der Waals surface area (Å²) in [5.41, 5.74) is 3.04. The van der Waals surface area contributed by atoms with Crippen molar-refractivity contribution in [2.45, 2.75) is 32.4 Å². The van der Waals surface area contributed by atoms with Crippen LogP contribution in [0, 0.1) is 0 Å². The van der Waals surface area contributed by atoms with Crippen LogP contribution in [0.5, 0.6) is 0 Å². The third kappa shape index (κ3) is 3.31. The van der Waals surface area contributed by atoms with Crippen molar-refractivity contribution in [1.29, 1.82) is 0 Å². The Bertz CT molecular complexity index is 1160. The Morgan fingerprint density at radius 1 is 1.10 bits per heavy atom. The molecule has 0 aliphatic carbocycles. The molecular formula is C23H23N5O. The lowest BCUT2D eigenvalue weighted by atomic mass is 10.1. The number of benzene rings is 2. The molecule has 0 spiro atoms. The molecule has 0 radical (unpaired) electrons. The SMILES string of the molecule is C[C@H]1CN(C(=O)c2ccc3[nH]ccc3c2)Cc2nnc(CCc3ccccc3)n21. The van der Waals surface area contributed by atoms with Crippen molar-refractivity contribution in [3.63, 3.8) is 0 Å². The van der Waals surface area contributed by atoms with Crippen molar-refractivity contribution in [3.05, 3.63) is 83.6 Å². The number of nitrogens with one attached hydrogen (secondary N) is 1. The Hall–Kier alpha value is -3.41. The maximum Gasteiger partial charge on any atom is 0.254 e. The average Bonchev–Trinajstić information content (AvgIpc) is 3.39. The first-order valence-electron chi connectivity index (χ1n) is 10.0. The van der Waals surface area contributed by atoms with E-state index in [1.54, 1.807) is 0 Å². The first-order chi connectivity index (χ1) is 14.2. The van der Waals surface area contributed by atoms with E-state index in [1.807, 2.05) is 41.4 Å². The molecule has 4 aromatic rings. The summed E-state index contributed by atoms with van der Waals surface area (Å²) in [6.45, 7) is 3.29. The molecule has 146 valence electrons. The van der Waals surface area contributed by atoms with E-state index in [1.165, 1.54) is 5.56 Å². The van der Waals surface area contributed by atoms with E-state index in [0.29, 0.717) is 18.7 Å². The van der Waals surface area contributed by atoms with Gasteiger partial charge in [0.15, 0.2) is 5.82 Å². The number of fused-ring (bicyclic) bond motifs is 2. The summed E-state index contributed by atoms with van der Waals surface area (Å²) in [5, 5.41) is 9.88. The lowest BCUT2D eigenvalue weighted by Crippen LogP contribution is -2.40. The molecule has 1 aliphatic rings. The predicted molar refractivity (Wildman–Crippen MR) is 112 cm³/mol. The summed E-state index contributed by atoms with van der Waals surface area (Å²) < 4.78 is 2.21. The minimum atomic E-state index is 0.0417. The number of amides is 1. The normalized spacial score (nSPS) is 16.2. The maximum absolute atomic E-state index is 13.1. The highest BCUT2D eigenvalue weighted by Crippen LogP contribution is 2.24. The van der Waals surface area contributed by atoms with Crippen molar-refractivity contribution >= 4 is 16.8 Å². The molecule has 2 aromatic heterocycles. The molecule has 6 heteroatoms. The molecule has 1 atom stereocenters. The Morgan fingerprint density at radius 2 is 1.97 bits per heavy atom. The van der Waals surface area contributed by atoms with Gasteiger partial charge in [-0.15, -0.1) is 10.2 Å². The van der Waals surface area contributed by atoms with Crippen molar-refractivity contribution in [1.82, 2.24) is 24.6 Å². The van der Waals surface area contributed by atoms with Gasteiger partial charge in [-0.3, -0.25) is 4.79 Å². The highest BCUT2D eigenvalue weighted by atomic mass is 16.2. The van der Waals surface area contributed by atoms with Gasteiger partial charge in [-0.1, -0.05) is 30.3 Å². The first-order valence-corrected chi connectivity index (χ1v) is 10.0. The van der Waals surface area contributed by atoms with Crippen molar-refractivity contribution in [3.8, 4) is 0 Å². The predicted octanol–water partition coefficient (Wildman–Crippen LogP) is 3.76. The van der Waals surface area contributed by atoms with Crippen molar-refractivity contribution in [2.24, 2.45) is 0 Å². The molecule has 1 amide bonds. The highest BCUT2D eigenvalue weighted by molar-refractivity contribution is 5.98. The van der Waals surface area contributed by atoms with Crippen LogP contribution in [0.1, 0.15) is 40.5 Å². The maximum atomic E-state index is 13.1. The van der Waals surface area contributed by atoms with Gasteiger partial charge >= 0.3 is 0 Å². The number of hydrogen-bond acceptors (Lipinski definition) is 3. The quantitative estimate of drug-likeness (QED) is 0.582. The van der Waals surface area contributed by atoms with Crippen LogP contribution in [0.3, 0.4) is 0 Å². The lowest BCUT2D eigenvalue weighted by molar-refractivity contribution is 0.0680. The molecular weight excluding hydrogens is 362 g/mol. The minimum Gasteiger partial charge on any atom is -0.361 e. The number of aromatic nitrogens is 4. The average molecular weight is 385 g/mol. The van der Waals surface area contributed by atoms with E-state index in [4.69, 9.17) is 0 Å². The number of carbonyl (C=O) groups excluding carboxylic acids is 1. The summed E-state index contributed by atoms with van der Waals surface area (Å²) in [6, 6.07) is 18.4. The van der Waals surface area contributed by atoms with Crippen LogP contribution in [0.4, 0.5) is 0 Å². The largest absolute Gasteiger partial charge is 0.361 e. The zero-order valence-corrected chi connectivity index (χ0v) is 16.4. The van der Waals surface area contributed by atoms with Crippen LogP contribution in [0.25, 0.3) is 10.9 Å². The molecule has 2 aromatic carbocycles. The van der Waals surface area contributed by atoms with E-state index in [2.05, 4.69) is 50.9 Å². The number of nitrogens with zero attached hydrogens (tertiary/aromatic N) is 4. The Balaban J connectivity index is 1.34. The van der Waals surface area contributed by atoms with Crippen molar-refractivity contribution < 1.29 is 4.79 Å². The standard InChI is InChI=1S/C23H23N5O/c1-16-14-27(23(29)19-8-9-20-18(13-19)11-12-24-20)15-22-26-25-21(28(16)22)10-7-17-5-3-2-4-6-17/h2-6,8-9,11-13,16,24H,7,10,14-15H2,1H3/t16-/m0/s1. The number of aromatic amines is 1. The number of aryl methyl sites for hydroxylation is 2. The minimum absolute atomic E-state index is 0.0417. The van der Waals surface area contributed by atoms with E-state index in [-0.39, 0.29) is 11.9 Å². The smallest absolute Gasteiger partial charge is 0.254 e. The molecule has 0 bridgehead atoms. The zero-order chi connectivity index (χ0) is 19.8. The molecule has 0 fully saturated rings. The second kappa shape index (κ2) is 7.20. The third-order valence-corrected chi connectivity index (χ3v) is 5.66. The fourth-order valence-corrected chi connectivity index (χ4v) is 4.21. The van der Waals surface area contributed by atoms with Crippen LogP contribution >= 0.6 is 0 Å². The van der Waals surface area contributed by atoms with Crippen molar-refractivity contribution in [2.75, 3.05) is 6.54 Å². The van der Waals surface area contributed by atoms with Crippen LogP contribution in [-0.4, -0.2) is 37.1 Å². The van der Waals surface area contributed by atoms with Gasteiger partial charge in [-0.2, -0.15) is 0 Å². The third-order valence-electron chi connectivity index (χ3n) is 5.66. The number of hydrogen-bond donors (Lipinski definition) is 1. The Labute approximate surface area is 169 Å². The zero-order valence-electron chi connectivity index (χ0n) is 16.4. The number of H-pyrrole nitrogens is 1. The van der Waals surface area contributed by atoms with Gasteiger partial charge in [-0.05, 0) is 43.2 Å². The summed E-state index contributed by atoms with van der Waals surface area (Å²) in [6.07, 6.45) is 3.67. The van der Waals surface area contributed by atoms with E-state index < -0.39 is 0 Å². The van der Waals surface area contributed by atoms with E-state index in [9.17, 15) is 4.79 Å². The van der Waals surface area contributed by atoms with Gasteiger partial charge in [-0.25, -0.2) is 0 Å². The number of rotatable bonds is 4. The Kier molecular flexibility index (Phi) is 4.39. The molecule has 0 unspecified atom stereocenters. The topological polar surface area (TPSA) is 66.8 Å². The second-order valence-corrected chi connectivity index (χ2v) is 7.70. The van der Waals surface area contributed by atoms with E-state index >= 15 is 0 Å². The van der Waals surface area contributed by atoms with Gasteiger partial charge in [0.1, 0.15) is 5.82 Å². The van der Waals surface area contributed by atoms with Gasteiger partial charge in [0, 0.05) is 35.6 Å². The summed E-state index contributed by atoms with van der Waals surface area (Å²) in [4.78, 5) is 18.1. The highest BCUT2D eigenvalue weighted by Gasteiger charge is 2.29. The summed E-state index contributed by atoms with van der Waals surface area (Å²) in [7, 11) is 0. The molecule has 3 heterocycles. The van der Waals surface area contributed by atoms with E-state index in [0.717, 1.165) is 35.4 Å². The second-order valence-electron chi connectivity index (χ2n) is 7.70. The molecule has 0 saturated heterocycles. The first kappa shape index (κ1) is 17.7. The van der Waals surface area contributed by atoms with Crippen LogP contribution in [0.2, 0.25) is 0 Å². The van der Waals surface area contributed by atoms with Crippen LogP contribution in [0.15, 0.2) is 60.8 Å². The fourth-order valence-electron chi connectivity index (χ4n) is 4.21. The van der Waals surface area contributed by atoms with Crippen LogP contribution < -0.4 is 0 Å². The molecule has 29 heavy (non-hydrogen) atoms. The molecule has 0 saturated carbocycles. The summed E-state index contributed by atoms with van der Waals surface area (Å²) in [5.74, 6) is 1.90. The monoisotopic (exact) mass is 385 g/mol. The van der Waals surface area contributed by atoms with Gasteiger partial charge in [0.2, 0.25) is 0 Å². The Morgan fingerprint density at radius 3 is 2.83 bits per heavy atom. The van der Waals surface area contributed by atoms with Gasteiger partial charge in [0.25, 0.3) is 5.91 Å². The summed E-state index contributed by atoms with van der Waals surface area (Å²) >= 11 is 0. The number of carbonyl (C=O) groups is 1. The molecule has 1 aliphatic heterocycles. The fraction of sp³-hybridized carbons (Fsp3) is 0.261. The lowest BCUT2D eigenvalue weighted by Gasteiger charge is -2.32. The van der Waals surface area contributed by atoms with Gasteiger partial charge in [0.05, 0.1) is 12.6 Å². The van der Waals surface area contributed by atoms with Crippen LogP contribution in [-0.2, 0) is 19.4 Å².